The fraction of sp³-hybridized carbons (Fsp3) is 0.692. The van der Waals surface area contributed by atoms with Gasteiger partial charge in [-0.25, -0.2) is 4.85 Å². The van der Waals surface area contributed by atoms with Gasteiger partial charge in [0.15, 0.2) is 0 Å². The van der Waals surface area contributed by atoms with E-state index in [2.05, 4.69) is 4.85 Å². The van der Waals surface area contributed by atoms with Crippen LogP contribution in [-0.4, -0.2) is 23.9 Å². The summed E-state index contributed by atoms with van der Waals surface area (Å²) in [5, 5.41) is 8.82. The smallest absolute Gasteiger partial charge is 0.438 e. The average Bonchev–Trinajstić information content (AvgIpc) is 2.38. The van der Waals surface area contributed by atoms with Gasteiger partial charge in [0.2, 0.25) is 5.76 Å². The fourth-order valence-corrected chi connectivity index (χ4v) is 1.49. The number of nitrogens with zero attached hydrogens (tertiary/aromatic N) is 1. The topological polar surface area (TPSA) is 50.9 Å². The van der Waals surface area contributed by atoms with Crippen LogP contribution in [0.3, 0.4) is 0 Å². The fourth-order valence-electron chi connectivity index (χ4n) is 1.49. The molecule has 0 aromatic heterocycles. The molecular formula is C13H18CuF3NO3. The Morgan fingerprint density at radius 2 is 1.95 bits per heavy atom. The Labute approximate surface area is 132 Å². The number of halogens is 3. The number of aliphatic hydroxyl groups is 1. The first-order chi connectivity index (χ1) is 9.27. The van der Waals surface area contributed by atoms with Crippen molar-refractivity contribution in [1.29, 1.82) is 0 Å². The number of aliphatic hydroxyl groups excluding tert-OH is 1. The monoisotopic (exact) mass is 356 g/mol. The third-order valence-corrected chi connectivity index (χ3v) is 2.79. The van der Waals surface area contributed by atoms with Crippen LogP contribution < -0.4 is 0 Å². The van der Waals surface area contributed by atoms with Gasteiger partial charge in [0.25, 0.3) is 0 Å². The summed E-state index contributed by atoms with van der Waals surface area (Å²) in [5.41, 5.74) is -1.43. The van der Waals surface area contributed by atoms with Crippen molar-refractivity contribution in [3.63, 3.8) is 0 Å². The van der Waals surface area contributed by atoms with E-state index in [0.717, 1.165) is 25.7 Å². The molecule has 1 unspecified atom stereocenters. The van der Waals surface area contributed by atoms with Gasteiger partial charge >= 0.3 is 17.8 Å². The standard InChI is InChI=1S/C13H18F3NO3.Cu/c1-4-6-7-9(5-2)8-20-12(19)10(17-3)11(18)13(14,15)16;/h9,18H,4-8H2,1-2H3;/b11-10+;. The van der Waals surface area contributed by atoms with Crippen molar-refractivity contribution in [2.45, 2.75) is 45.7 Å². The Hall–Kier alpha value is -1.19. The summed E-state index contributed by atoms with van der Waals surface area (Å²) in [5.74, 6) is -3.61. The van der Waals surface area contributed by atoms with Crippen molar-refractivity contribution in [2.24, 2.45) is 5.92 Å². The second-order valence-corrected chi connectivity index (χ2v) is 4.32. The van der Waals surface area contributed by atoms with Crippen LogP contribution in [0.15, 0.2) is 11.5 Å². The maximum atomic E-state index is 12.2. The molecule has 8 heteroatoms. The van der Waals surface area contributed by atoms with E-state index in [-0.39, 0.29) is 29.6 Å². The van der Waals surface area contributed by atoms with Crippen LogP contribution in [0.5, 0.6) is 0 Å². The number of carbonyl (C=O) groups excluding carboxylic acids is 1. The van der Waals surface area contributed by atoms with E-state index in [4.69, 9.17) is 16.4 Å². The molecule has 0 bridgehead atoms. The summed E-state index contributed by atoms with van der Waals surface area (Å²) in [6.07, 6.45) is -1.73. The first-order valence-electron chi connectivity index (χ1n) is 6.32. The zero-order chi connectivity index (χ0) is 15.8. The summed E-state index contributed by atoms with van der Waals surface area (Å²) in [7, 11) is 0. The first-order valence-corrected chi connectivity index (χ1v) is 6.32. The van der Waals surface area contributed by atoms with Gasteiger partial charge in [-0.05, 0) is 12.3 Å². The molecule has 0 aliphatic heterocycles. The number of ether oxygens (including phenoxy) is 1. The number of rotatable bonds is 7. The van der Waals surface area contributed by atoms with Gasteiger partial charge in [-0.2, -0.15) is 13.2 Å². The summed E-state index contributed by atoms with van der Waals surface area (Å²) in [6.45, 7) is 10.4. The first kappa shape index (κ1) is 22.1. The molecule has 0 aromatic carbocycles. The molecule has 0 rings (SSSR count). The van der Waals surface area contributed by atoms with Gasteiger partial charge < -0.3 is 9.84 Å². The predicted octanol–water partition coefficient (Wildman–Crippen LogP) is 3.99. The van der Waals surface area contributed by atoms with Crippen molar-refractivity contribution >= 4 is 5.97 Å². The molecule has 0 aromatic rings. The Bertz CT molecular complexity index is 402. The number of esters is 1. The molecule has 0 aliphatic rings. The summed E-state index contributed by atoms with van der Waals surface area (Å²) in [4.78, 5) is 13.8. The normalized spacial score (nSPS) is 13.5. The molecular weight excluding hydrogens is 339 g/mol. The second-order valence-electron chi connectivity index (χ2n) is 4.32. The SMILES string of the molecule is [C-]#[N+]/C(C(=O)OCC(CC)CCCC)=C(/O)C(F)(F)F.[Cu]. The minimum atomic E-state index is -5.13. The van der Waals surface area contributed by atoms with Crippen LogP contribution in [0.2, 0.25) is 0 Å². The Morgan fingerprint density at radius 1 is 1.38 bits per heavy atom. The molecule has 1 atom stereocenters. The molecule has 1 N–H and O–H groups in total. The van der Waals surface area contributed by atoms with Crippen molar-refractivity contribution in [2.75, 3.05) is 6.61 Å². The minimum Gasteiger partial charge on any atom is -0.515 e. The molecule has 0 saturated carbocycles. The third-order valence-electron chi connectivity index (χ3n) is 2.79. The predicted molar refractivity (Wildman–Crippen MR) is 66.6 cm³/mol. The number of unbranched alkanes of at least 4 members (excludes halogenated alkanes) is 1. The Balaban J connectivity index is 0. The minimum absolute atomic E-state index is 0. The van der Waals surface area contributed by atoms with Crippen LogP contribution in [-0.2, 0) is 26.6 Å². The zero-order valence-corrected chi connectivity index (χ0v) is 12.7. The van der Waals surface area contributed by atoms with Crippen LogP contribution in [0.25, 0.3) is 4.85 Å². The van der Waals surface area contributed by atoms with Gasteiger partial charge in [0.1, 0.15) is 0 Å². The summed E-state index contributed by atoms with van der Waals surface area (Å²) in [6, 6.07) is 0. The van der Waals surface area contributed by atoms with Crippen molar-refractivity contribution in [3.8, 4) is 0 Å². The Kier molecular flexibility index (Phi) is 11.1. The largest absolute Gasteiger partial charge is 0.515 e. The molecule has 1 radical (unpaired) electrons. The van der Waals surface area contributed by atoms with Gasteiger partial charge in [-0.3, -0.25) is 4.79 Å². The Morgan fingerprint density at radius 3 is 2.33 bits per heavy atom. The van der Waals surface area contributed by atoms with Crippen LogP contribution in [0.4, 0.5) is 13.2 Å². The molecule has 0 amide bonds. The number of hydrogen-bond acceptors (Lipinski definition) is 3. The summed E-state index contributed by atoms with van der Waals surface area (Å²) >= 11 is 0. The van der Waals surface area contributed by atoms with Gasteiger partial charge in [-0.15, -0.1) is 0 Å². The van der Waals surface area contributed by atoms with Crippen molar-refractivity contribution < 1.29 is 44.9 Å². The molecule has 0 heterocycles. The van der Waals surface area contributed by atoms with Gasteiger partial charge in [0.05, 0.1) is 13.2 Å². The van der Waals surface area contributed by atoms with Crippen molar-refractivity contribution in [1.82, 2.24) is 0 Å². The van der Waals surface area contributed by atoms with Crippen LogP contribution in [0.1, 0.15) is 39.5 Å². The molecule has 21 heavy (non-hydrogen) atoms. The molecule has 0 aliphatic carbocycles. The maximum absolute atomic E-state index is 12.2. The van der Waals surface area contributed by atoms with Crippen LogP contribution in [0, 0.1) is 12.5 Å². The molecule has 0 saturated heterocycles. The summed E-state index contributed by atoms with van der Waals surface area (Å²) < 4.78 is 41.3. The number of hydrogen-bond donors (Lipinski definition) is 1. The average molecular weight is 357 g/mol. The zero-order valence-electron chi connectivity index (χ0n) is 11.8. The number of carbonyl (C=O) groups is 1. The molecule has 0 fully saturated rings. The van der Waals surface area contributed by atoms with Gasteiger partial charge in [-0.1, -0.05) is 33.1 Å². The maximum Gasteiger partial charge on any atom is 0.438 e. The van der Waals surface area contributed by atoms with Crippen molar-refractivity contribution in [3.05, 3.63) is 22.9 Å². The van der Waals surface area contributed by atoms with Gasteiger partial charge in [0, 0.05) is 17.1 Å². The molecule has 0 spiro atoms. The van der Waals surface area contributed by atoms with E-state index in [0.29, 0.717) is 0 Å². The quantitative estimate of drug-likeness (QED) is 0.247. The molecule has 4 nitrogen and oxygen atoms in total. The van der Waals surface area contributed by atoms with E-state index >= 15 is 0 Å². The number of allylic oxidation sites excluding steroid dienone is 1. The number of alkyl halides is 3. The third kappa shape index (κ3) is 7.98. The van der Waals surface area contributed by atoms with E-state index in [1.807, 2.05) is 13.8 Å². The van der Waals surface area contributed by atoms with E-state index in [1.54, 1.807) is 0 Å². The van der Waals surface area contributed by atoms with E-state index in [9.17, 15) is 18.0 Å². The second kappa shape index (κ2) is 10.5. The van der Waals surface area contributed by atoms with E-state index < -0.39 is 23.6 Å². The molecule has 125 valence electrons. The van der Waals surface area contributed by atoms with E-state index in [1.165, 1.54) is 0 Å². The van der Waals surface area contributed by atoms with Crippen LogP contribution >= 0.6 is 0 Å².